The summed E-state index contributed by atoms with van der Waals surface area (Å²) < 4.78 is 0. The van der Waals surface area contributed by atoms with Crippen molar-refractivity contribution in [1.82, 2.24) is 19.6 Å². The smallest absolute Gasteiger partial charge is 0.252 e. The molecule has 28 heavy (non-hydrogen) atoms. The normalized spacial score (nSPS) is 31.4. The SMILES string of the molecule is CCCCN1C(=O)C2CC(O)CN2C2(CN(C3CCN(C(C)=O)CC3)C2)C1=O. The summed E-state index contributed by atoms with van der Waals surface area (Å²) in [5.41, 5.74) is -0.665. The van der Waals surface area contributed by atoms with Crippen LogP contribution >= 0.6 is 0 Å². The van der Waals surface area contributed by atoms with Gasteiger partial charge < -0.3 is 10.0 Å². The number of unbranched alkanes of at least 4 members (excludes halogenated alkanes) is 1. The van der Waals surface area contributed by atoms with Crippen molar-refractivity contribution in [3.63, 3.8) is 0 Å². The predicted octanol–water partition coefficient (Wildman–Crippen LogP) is -0.344. The van der Waals surface area contributed by atoms with Crippen LogP contribution in [-0.4, -0.2) is 105 Å². The molecule has 4 aliphatic heterocycles. The van der Waals surface area contributed by atoms with Crippen LogP contribution < -0.4 is 0 Å². The lowest BCUT2D eigenvalue weighted by Crippen LogP contribution is -2.82. The first kappa shape index (κ1) is 19.8. The molecule has 4 fully saturated rings. The quantitative estimate of drug-likeness (QED) is 0.659. The molecule has 1 N–H and O–H groups in total. The molecule has 0 aromatic rings. The van der Waals surface area contributed by atoms with Crippen LogP contribution in [0.15, 0.2) is 0 Å². The minimum Gasteiger partial charge on any atom is -0.392 e. The first-order chi connectivity index (χ1) is 13.4. The van der Waals surface area contributed by atoms with Gasteiger partial charge in [0.2, 0.25) is 11.8 Å². The fourth-order valence-corrected chi connectivity index (χ4v) is 5.45. The van der Waals surface area contributed by atoms with Crippen molar-refractivity contribution in [3.05, 3.63) is 0 Å². The summed E-state index contributed by atoms with van der Waals surface area (Å²) in [6, 6.07) is 0.00740. The van der Waals surface area contributed by atoms with Gasteiger partial charge in [0.15, 0.2) is 0 Å². The average Bonchev–Trinajstić information content (AvgIpc) is 3.03. The number of β-amino-alcohol motifs (C(OH)–C–C–N with tert-alkyl or cyclic N) is 1. The Morgan fingerprint density at radius 3 is 2.50 bits per heavy atom. The molecule has 156 valence electrons. The van der Waals surface area contributed by atoms with Gasteiger partial charge >= 0.3 is 0 Å². The second kappa shape index (κ2) is 7.39. The van der Waals surface area contributed by atoms with E-state index in [4.69, 9.17) is 0 Å². The van der Waals surface area contributed by atoms with E-state index in [1.54, 1.807) is 6.92 Å². The largest absolute Gasteiger partial charge is 0.392 e. The Morgan fingerprint density at radius 1 is 1.21 bits per heavy atom. The molecular weight excluding hydrogens is 360 g/mol. The number of rotatable bonds is 4. The summed E-state index contributed by atoms with van der Waals surface area (Å²) in [7, 11) is 0. The molecule has 4 rings (SSSR count). The van der Waals surface area contributed by atoms with Crippen molar-refractivity contribution in [2.45, 2.75) is 69.7 Å². The third-order valence-corrected chi connectivity index (χ3v) is 7.11. The highest BCUT2D eigenvalue weighted by atomic mass is 16.3. The van der Waals surface area contributed by atoms with Gasteiger partial charge in [0.25, 0.3) is 5.91 Å². The van der Waals surface area contributed by atoms with E-state index < -0.39 is 11.6 Å². The molecule has 0 aromatic heterocycles. The second-order valence-corrected chi connectivity index (χ2v) is 8.88. The van der Waals surface area contributed by atoms with Crippen molar-refractivity contribution in [2.75, 3.05) is 39.3 Å². The number of piperazine rings is 1. The number of amides is 3. The Kier molecular flexibility index (Phi) is 5.22. The summed E-state index contributed by atoms with van der Waals surface area (Å²) >= 11 is 0. The van der Waals surface area contributed by atoms with Crippen LogP contribution in [0.1, 0.15) is 46.0 Å². The molecule has 0 aliphatic carbocycles. The monoisotopic (exact) mass is 392 g/mol. The van der Waals surface area contributed by atoms with Crippen molar-refractivity contribution < 1.29 is 19.5 Å². The molecule has 3 amide bonds. The van der Waals surface area contributed by atoms with E-state index in [1.165, 1.54) is 4.90 Å². The highest BCUT2D eigenvalue weighted by Crippen LogP contribution is 2.42. The number of aliphatic hydroxyl groups excluding tert-OH is 1. The van der Waals surface area contributed by atoms with Crippen LogP contribution in [0.3, 0.4) is 0 Å². The Morgan fingerprint density at radius 2 is 1.89 bits per heavy atom. The van der Waals surface area contributed by atoms with Crippen LogP contribution in [0, 0.1) is 0 Å². The Bertz CT molecular complexity index is 655. The van der Waals surface area contributed by atoms with Crippen molar-refractivity contribution in [3.8, 4) is 0 Å². The number of piperidine rings is 1. The van der Waals surface area contributed by atoms with Crippen LogP contribution in [0.5, 0.6) is 0 Å². The molecule has 0 saturated carbocycles. The fraction of sp³-hybridized carbons (Fsp3) is 0.850. The number of aliphatic hydroxyl groups is 1. The van der Waals surface area contributed by atoms with E-state index in [9.17, 15) is 19.5 Å². The third kappa shape index (κ3) is 3.06. The van der Waals surface area contributed by atoms with Crippen molar-refractivity contribution in [2.24, 2.45) is 0 Å². The molecule has 8 nitrogen and oxygen atoms in total. The predicted molar refractivity (Wildman–Crippen MR) is 102 cm³/mol. The van der Waals surface area contributed by atoms with Gasteiger partial charge in [-0.1, -0.05) is 13.3 Å². The maximum Gasteiger partial charge on any atom is 0.252 e. The summed E-state index contributed by atoms with van der Waals surface area (Å²) in [4.78, 5) is 45.5. The van der Waals surface area contributed by atoms with Gasteiger partial charge in [0.1, 0.15) is 5.54 Å². The van der Waals surface area contributed by atoms with E-state index in [1.807, 2.05) is 9.80 Å². The number of nitrogens with zero attached hydrogens (tertiary/aromatic N) is 4. The molecule has 1 spiro atoms. The summed E-state index contributed by atoms with van der Waals surface area (Å²) in [6.45, 7) is 7.32. The van der Waals surface area contributed by atoms with E-state index in [2.05, 4.69) is 11.8 Å². The van der Waals surface area contributed by atoms with Gasteiger partial charge in [0, 0.05) is 52.2 Å². The number of hydrogen-bond donors (Lipinski definition) is 1. The van der Waals surface area contributed by atoms with Crippen LogP contribution in [0.2, 0.25) is 0 Å². The fourth-order valence-electron chi connectivity index (χ4n) is 5.45. The van der Waals surface area contributed by atoms with Gasteiger partial charge in [-0.2, -0.15) is 0 Å². The number of carbonyl (C=O) groups is 3. The molecule has 0 bridgehead atoms. The third-order valence-electron chi connectivity index (χ3n) is 7.11. The first-order valence-corrected chi connectivity index (χ1v) is 10.7. The number of carbonyl (C=O) groups excluding carboxylic acids is 3. The molecule has 4 heterocycles. The lowest BCUT2D eigenvalue weighted by atomic mass is 9.80. The molecule has 0 aromatic carbocycles. The van der Waals surface area contributed by atoms with Gasteiger partial charge in [-0.05, 0) is 25.7 Å². The lowest BCUT2D eigenvalue weighted by Gasteiger charge is -2.60. The standard InChI is InChI=1S/C20H32N4O4/c1-3-4-7-23-18(27)17-10-16(26)11-24(17)20(19(23)28)12-22(13-20)15-5-8-21(9-6-15)14(2)25/h15-17,26H,3-13H2,1-2H3. The molecule has 2 atom stereocenters. The maximum absolute atomic E-state index is 13.4. The lowest BCUT2D eigenvalue weighted by molar-refractivity contribution is -0.183. The zero-order chi connectivity index (χ0) is 20.1. The molecule has 8 heteroatoms. The summed E-state index contributed by atoms with van der Waals surface area (Å²) in [5, 5.41) is 10.2. The van der Waals surface area contributed by atoms with Crippen molar-refractivity contribution in [1.29, 1.82) is 0 Å². The molecule has 4 saturated heterocycles. The van der Waals surface area contributed by atoms with Gasteiger partial charge in [-0.25, -0.2) is 0 Å². The minimum absolute atomic E-state index is 0.0753. The van der Waals surface area contributed by atoms with E-state index in [0.717, 1.165) is 38.8 Å². The Hall–Kier alpha value is -1.51. The van der Waals surface area contributed by atoms with E-state index in [-0.39, 0.29) is 23.8 Å². The Labute approximate surface area is 166 Å². The van der Waals surface area contributed by atoms with Gasteiger partial charge in [-0.3, -0.25) is 29.1 Å². The van der Waals surface area contributed by atoms with Gasteiger partial charge in [0.05, 0.1) is 12.1 Å². The van der Waals surface area contributed by atoms with E-state index in [0.29, 0.717) is 38.6 Å². The first-order valence-electron chi connectivity index (χ1n) is 10.7. The van der Waals surface area contributed by atoms with E-state index >= 15 is 0 Å². The van der Waals surface area contributed by atoms with Gasteiger partial charge in [-0.15, -0.1) is 0 Å². The molecule has 4 aliphatic rings. The Balaban J connectivity index is 1.48. The topological polar surface area (TPSA) is 84.4 Å². The minimum atomic E-state index is -0.665. The molecule has 2 unspecified atom stereocenters. The number of likely N-dealkylation sites (tertiary alicyclic amines) is 2. The summed E-state index contributed by atoms with van der Waals surface area (Å²) in [5.74, 6) is -0.0810. The molecular formula is C20H32N4O4. The van der Waals surface area contributed by atoms with Crippen LogP contribution in [0.4, 0.5) is 0 Å². The number of hydrogen-bond acceptors (Lipinski definition) is 6. The zero-order valence-electron chi connectivity index (χ0n) is 17.0. The number of fused-ring (bicyclic) bond motifs is 2. The highest BCUT2D eigenvalue weighted by molar-refractivity contribution is 6.06. The molecule has 0 radical (unpaired) electrons. The van der Waals surface area contributed by atoms with Crippen LogP contribution in [0.25, 0.3) is 0 Å². The zero-order valence-corrected chi connectivity index (χ0v) is 17.0. The average molecular weight is 393 g/mol. The van der Waals surface area contributed by atoms with Crippen LogP contribution in [-0.2, 0) is 14.4 Å². The van der Waals surface area contributed by atoms with Crippen molar-refractivity contribution >= 4 is 17.7 Å². The maximum atomic E-state index is 13.4. The summed E-state index contributed by atoms with van der Waals surface area (Å²) in [6.07, 6.45) is 3.48. The highest BCUT2D eigenvalue weighted by Gasteiger charge is 2.64. The second-order valence-electron chi connectivity index (χ2n) is 8.88. The number of imide groups is 1.